The molecular weight excluding hydrogens is 506 g/mol. The first-order chi connectivity index (χ1) is 18.5. The molecule has 198 valence electrons. The molecule has 3 aromatic rings. The van der Waals surface area contributed by atoms with E-state index in [-0.39, 0.29) is 17.3 Å². The van der Waals surface area contributed by atoms with E-state index in [1.165, 1.54) is 0 Å². The maximum atomic E-state index is 14.6. The molecule has 39 heavy (non-hydrogen) atoms. The quantitative estimate of drug-likeness (QED) is 0.324. The second-order valence-electron chi connectivity index (χ2n) is 12.3. The van der Waals surface area contributed by atoms with Crippen LogP contribution in [0, 0.1) is 10.8 Å². The van der Waals surface area contributed by atoms with Crippen LogP contribution in [0.3, 0.4) is 0 Å². The normalized spacial score (nSPS) is 22.8. The molecule has 0 amide bonds. The molecule has 2 aliphatic heterocycles. The third kappa shape index (κ3) is 3.54. The van der Waals surface area contributed by atoms with Crippen molar-refractivity contribution in [2.75, 3.05) is 4.90 Å². The number of benzene rings is 3. The average molecular weight is 538 g/mol. The summed E-state index contributed by atoms with van der Waals surface area (Å²) in [4.78, 5) is 45.7. The largest absolute Gasteiger partial charge is 0.352 e. The van der Waals surface area contributed by atoms with Crippen LogP contribution in [-0.2, 0) is 4.79 Å². The highest BCUT2D eigenvalue weighted by atomic mass is 35.5. The highest BCUT2D eigenvalue weighted by Crippen LogP contribution is 2.61. The van der Waals surface area contributed by atoms with Gasteiger partial charge in [0.05, 0.1) is 12.1 Å². The Morgan fingerprint density at radius 1 is 0.923 bits per heavy atom. The van der Waals surface area contributed by atoms with Crippen LogP contribution in [0.1, 0.15) is 83.9 Å². The van der Waals surface area contributed by atoms with Gasteiger partial charge in [0.25, 0.3) is 0 Å². The maximum absolute atomic E-state index is 14.6. The van der Waals surface area contributed by atoms with E-state index in [0.717, 1.165) is 22.4 Å². The number of nitrogens with zero attached hydrogens (tertiary/aromatic N) is 1. The molecule has 3 aromatic carbocycles. The van der Waals surface area contributed by atoms with Gasteiger partial charge in [-0.25, -0.2) is 0 Å². The summed E-state index contributed by atoms with van der Waals surface area (Å²) in [6.45, 7) is 9.98. The molecule has 3 aliphatic rings. The van der Waals surface area contributed by atoms with Crippen LogP contribution >= 0.6 is 11.6 Å². The zero-order chi connectivity index (χ0) is 27.9. The predicted molar refractivity (Wildman–Crippen MR) is 156 cm³/mol. The first-order valence-corrected chi connectivity index (χ1v) is 13.9. The number of rotatable bonds is 3. The molecule has 1 fully saturated rings. The third-order valence-electron chi connectivity index (χ3n) is 8.74. The summed E-state index contributed by atoms with van der Waals surface area (Å²) in [6.07, 6.45) is 3.88. The van der Waals surface area contributed by atoms with E-state index in [9.17, 15) is 14.4 Å². The Morgan fingerprint density at radius 3 is 2.10 bits per heavy atom. The fourth-order valence-electron chi connectivity index (χ4n) is 6.85. The van der Waals surface area contributed by atoms with Crippen LogP contribution in [0.5, 0.6) is 0 Å². The molecule has 6 rings (SSSR count). The molecule has 0 aromatic heterocycles. The maximum Gasteiger partial charge on any atom is 0.180 e. The average Bonchev–Trinajstić information content (AvgIpc) is 3.33. The van der Waals surface area contributed by atoms with Crippen molar-refractivity contribution in [3.05, 3.63) is 106 Å². The lowest BCUT2D eigenvalue weighted by atomic mass is 9.63. The zero-order valence-electron chi connectivity index (χ0n) is 22.9. The Bertz CT molecular complexity index is 1520. The Hall–Kier alpha value is -3.50. The molecule has 2 heterocycles. The molecule has 4 nitrogen and oxygen atoms in total. The summed E-state index contributed by atoms with van der Waals surface area (Å²) in [5, 5.41) is 0.589. The molecule has 0 radical (unpaired) electrons. The molecule has 0 saturated carbocycles. The number of ketones is 3. The number of fused-ring (bicyclic) bond motifs is 5. The van der Waals surface area contributed by atoms with E-state index in [4.69, 9.17) is 11.6 Å². The van der Waals surface area contributed by atoms with E-state index in [1.54, 1.807) is 30.3 Å². The SMILES string of the molecule is CC(C)c1ccc([C@@H]2[C@@H](C(=O)C(C)(C)C)N3c4ccc(Cl)cc4C=C[C@@H]3C23C(=O)c2ccccc2C3=O)cc1. The number of carbonyl (C=O) groups is 3. The minimum atomic E-state index is -1.47. The Labute approximate surface area is 234 Å². The summed E-state index contributed by atoms with van der Waals surface area (Å²) in [5.41, 5.74) is 2.36. The minimum Gasteiger partial charge on any atom is -0.352 e. The predicted octanol–water partition coefficient (Wildman–Crippen LogP) is 7.51. The molecule has 5 heteroatoms. The van der Waals surface area contributed by atoms with Gasteiger partial charge in [-0.2, -0.15) is 0 Å². The van der Waals surface area contributed by atoms with Crippen molar-refractivity contribution in [1.82, 2.24) is 0 Å². The van der Waals surface area contributed by atoms with Crippen molar-refractivity contribution in [2.24, 2.45) is 10.8 Å². The number of halogens is 1. The standard InChI is InChI=1S/C34H32ClNO3/c1-19(2)20-10-12-21(13-11-20)28-29(32(39)33(3,4)5)36-26-16-15-23(35)18-22(26)14-17-27(36)34(28)30(37)24-8-6-7-9-25(24)31(34)38/h6-19,27-29H,1-5H3/t27-,28-,29+/m1/s1. The van der Waals surface area contributed by atoms with Crippen molar-refractivity contribution in [3.63, 3.8) is 0 Å². The molecule has 1 aliphatic carbocycles. The summed E-state index contributed by atoms with van der Waals surface area (Å²) in [6, 6.07) is 19.5. The lowest BCUT2D eigenvalue weighted by Crippen LogP contribution is -2.49. The van der Waals surface area contributed by atoms with Gasteiger partial charge in [0, 0.05) is 33.2 Å². The fraction of sp³-hybridized carbons (Fsp3) is 0.324. The monoisotopic (exact) mass is 537 g/mol. The number of carbonyl (C=O) groups excluding carboxylic acids is 3. The summed E-state index contributed by atoms with van der Waals surface area (Å²) in [5.74, 6) is -0.762. The van der Waals surface area contributed by atoms with Crippen molar-refractivity contribution in [1.29, 1.82) is 0 Å². The van der Waals surface area contributed by atoms with E-state index in [2.05, 4.69) is 26.0 Å². The van der Waals surface area contributed by atoms with Gasteiger partial charge in [-0.3, -0.25) is 14.4 Å². The topological polar surface area (TPSA) is 54.5 Å². The molecule has 0 bridgehead atoms. The van der Waals surface area contributed by atoms with Crippen LogP contribution in [-0.4, -0.2) is 29.4 Å². The second kappa shape index (κ2) is 8.76. The van der Waals surface area contributed by atoms with Crippen LogP contribution < -0.4 is 4.90 Å². The van der Waals surface area contributed by atoms with Gasteiger partial charge < -0.3 is 4.90 Å². The van der Waals surface area contributed by atoms with E-state index in [1.807, 2.05) is 62.1 Å². The first-order valence-electron chi connectivity index (χ1n) is 13.6. The Balaban J connectivity index is 1.68. The number of hydrogen-bond acceptors (Lipinski definition) is 4. The van der Waals surface area contributed by atoms with Gasteiger partial charge >= 0.3 is 0 Å². The van der Waals surface area contributed by atoms with Gasteiger partial charge in [0.1, 0.15) is 5.41 Å². The Kier molecular flexibility index (Phi) is 5.78. The molecule has 1 spiro atoms. The van der Waals surface area contributed by atoms with Crippen molar-refractivity contribution >= 4 is 40.7 Å². The summed E-state index contributed by atoms with van der Waals surface area (Å²) in [7, 11) is 0. The van der Waals surface area contributed by atoms with Crippen molar-refractivity contribution in [2.45, 2.75) is 58.5 Å². The first kappa shape index (κ1) is 25.8. The minimum absolute atomic E-state index is 0.00457. The van der Waals surface area contributed by atoms with Crippen molar-refractivity contribution < 1.29 is 14.4 Å². The zero-order valence-corrected chi connectivity index (χ0v) is 23.6. The highest BCUT2D eigenvalue weighted by molar-refractivity contribution is 6.32. The summed E-state index contributed by atoms with van der Waals surface area (Å²) >= 11 is 6.36. The summed E-state index contributed by atoms with van der Waals surface area (Å²) < 4.78 is 0. The van der Waals surface area contributed by atoms with Crippen LogP contribution in [0.15, 0.2) is 72.8 Å². The van der Waals surface area contributed by atoms with Crippen LogP contribution in [0.4, 0.5) is 5.69 Å². The van der Waals surface area contributed by atoms with Gasteiger partial charge in [0.15, 0.2) is 17.3 Å². The fourth-order valence-corrected chi connectivity index (χ4v) is 7.03. The van der Waals surface area contributed by atoms with Gasteiger partial charge in [0.2, 0.25) is 0 Å². The van der Waals surface area contributed by atoms with Gasteiger partial charge in [-0.05, 0) is 40.8 Å². The highest BCUT2D eigenvalue weighted by Gasteiger charge is 2.71. The Morgan fingerprint density at radius 2 is 1.54 bits per heavy atom. The third-order valence-corrected chi connectivity index (χ3v) is 8.97. The van der Waals surface area contributed by atoms with E-state index < -0.39 is 28.8 Å². The van der Waals surface area contributed by atoms with Crippen LogP contribution in [0.25, 0.3) is 6.08 Å². The lowest BCUT2D eigenvalue weighted by molar-refractivity contribution is -0.127. The van der Waals surface area contributed by atoms with Gasteiger partial charge in [-0.1, -0.05) is 107 Å². The van der Waals surface area contributed by atoms with Gasteiger partial charge in [-0.15, -0.1) is 0 Å². The van der Waals surface area contributed by atoms with E-state index >= 15 is 0 Å². The lowest BCUT2D eigenvalue weighted by Gasteiger charge is -2.38. The molecule has 0 N–H and O–H groups in total. The number of anilines is 1. The molecule has 1 saturated heterocycles. The smallest absolute Gasteiger partial charge is 0.180 e. The molecule has 0 unspecified atom stereocenters. The van der Waals surface area contributed by atoms with Crippen LogP contribution in [0.2, 0.25) is 5.02 Å². The van der Waals surface area contributed by atoms with Crippen molar-refractivity contribution in [3.8, 4) is 0 Å². The molecular formula is C34H32ClNO3. The second-order valence-corrected chi connectivity index (χ2v) is 12.8. The number of hydrogen-bond donors (Lipinski definition) is 0. The van der Waals surface area contributed by atoms with E-state index in [0.29, 0.717) is 22.1 Å². The number of Topliss-reactive ketones (excluding diaryl/α,β-unsaturated/α-hetero) is 3. The molecule has 3 atom stereocenters.